The Morgan fingerprint density at radius 2 is 2.00 bits per heavy atom. The summed E-state index contributed by atoms with van der Waals surface area (Å²) in [5, 5.41) is 9.34. The Morgan fingerprint density at radius 1 is 1.15 bits per heavy atom. The van der Waals surface area contributed by atoms with E-state index in [4.69, 9.17) is 4.42 Å². The van der Waals surface area contributed by atoms with Crippen molar-refractivity contribution in [3.8, 4) is 0 Å². The van der Waals surface area contributed by atoms with Crippen molar-refractivity contribution in [1.82, 2.24) is 5.32 Å². The minimum Gasteiger partial charge on any atom is -0.459 e. The summed E-state index contributed by atoms with van der Waals surface area (Å²) in [6, 6.07) is 9.15. The molecule has 142 valence electrons. The lowest BCUT2D eigenvalue weighted by molar-refractivity contribution is -0.117. The van der Waals surface area contributed by atoms with Crippen LogP contribution >= 0.6 is 0 Å². The summed E-state index contributed by atoms with van der Waals surface area (Å²) in [7, 11) is 0. The highest BCUT2D eigenvalue weighted by Gasteiger charge is 2.38. The monoisotopic (exact) mass is 367 g/mol. The summed E-state index contributed by atoms with van der Waals surface area (Å²) in [5.74, 6) is 0.629. The standard InChI is InChI=1S/C21H25N3O3/c1-13-11-15(8-9-16(13)24-21(26)19-7-4-10-27-19)22-20(25)18-12-14-5-2-3-6-17(14)23-18/h4,7-11,14,17-18,23H,2-3,5-6,12H2,1H3,(H,22,25)(H,24,26). The predicted octanol–water partition coefficient (Wildman–Crippen LogP) is 3.70. The number of hydrogen-bond donors (Lipinski definition) is 3. The van der Waals surface area contributed by atoms with Gasteiger partial charge in [0, 0.05) is 17.4 Å². The highest BCUT2D eigenvalue weighted by Crippen LogP contribution is 2.33. The zero-order valence-electron chi connectivity index (χ0n) is 15.5. The van der Waals surface area contributed by atoms with E-state index in [9.17, 15) is 9.59 Å². The van der Waals surface area contributed by atoms with Crippen LogP contribution in [0.5, 0.6) is 0 Å². The first kappa shape index (κ1) is 17.8. The average Bonchev–Trinajstić information content (AvgIpc) is 3.33. The molecule has 2 aromatic rings. The number of carbonyl (C=O) groups is 2. The van der Waals surface area contributed by atoms with Crippen molar-refractivity contribution in [2.45, 2.75) is 51.1 Å². The molecule has 1 aliphatic heterocycles. The van der Waals surface area contributed by atoms with Gasteiger partial charge in [-0.2, -0.15) is 0 Å². The molecule has 0 bridgehead atoms. The lowest BCUT2D eigenvalue weighted by Gasteiger charge is -2.24. The van der Waals surface area contributed by atoms with E-state index in [1.54, 1.807) is 18.2 Å². The summed E-state index contributed by atoms with van der Waals surface area (Å²) in [6.45, 7) is 1.90. The van der Waals surface area contributed by atoms with Crippen molar-refractivity contribution < 1.29 is 14.0 Å². The molecule has 3 unspecified atom stereocenters. The highest BCUT2D eigenvalue weighted by molar-refractivity contribution is 6.03. The van der Waals surface area contributed by atoms with Gasteiger partial charge in [0.25, 0.3) is 5.91 Å². The van der Waals surface area contributed by atoms with Crippen LogP contribution in [0.1, 0.15) is 48.2 Å². The van der Waals surface area contributed by atoms with Gasteiger partial charge in [-0.25, -0.2) is 0 Å². The third-order valence-corrected chi connectivity index (χ3v) is 5.67. The normalized spacial score (nSPS) is 24.3. The first-order valence-electron chi connectivity index (χ1n) is 9.62. The number of nitrogens with one attached hydrogen (secondary N) is 3. The second kappa shape index (κ2) is 7.56. The molecule has 4 rings (SSSR count). The van der Waals surface area contributed by atoms with Gasteiger partial charge in [-0.1, -0.05) is 12.8 Å². The molecule has 3 N–H and O–H groups in total. The van der Waals surface area contributed by atoms with E-state index >= 15 is 0 Å². The molecule has 1 saturated carbocycles. The maximum absolute atomic E-state index is 12.6. The van der Waals surface area contributed by atoms with Gasteiger partial charge in [-0.15, -0.1) is 0 Å². The number of anilines is 2. The van der Waals surface area contributed by atoms with Crippen LogP contribution in [0.15, 0.2) is 41.0 Å². The van der Waals surface area contributed by atoms with Crippen LogP contribution in [0.2, 0.25) is 0 Å². The van der Waals surface area contributed by atoms with E-state index in [-0.39, 0.29) is 23.6 Å². The fraction of sp³-hybridized carbons (Fsp3) is 0.429. The number of benzene rings is 1. The molecule has 6 nitrogen and oxygen atoms in total. The molecule has 1 aromatic carbocycles. The molecular formula is C21H25N3O3. The van der Waals surface area contributed by atoms with Crippen LogP contribution in [0.4, 0.5) is 11.4 Å². The molecule has 6 heteroatoms. The summed E-state index contributed by atoms with van der Waals surface area (Å²) in [4.78, 5) is 24.7. The van der Waals surface area contributed by atoms with E-state index in [1.165, 1.54) is 31.9 Å². The number of furan rings is 1. The Morgan fingerprint density at radius 3 is 2.74 bits per heavy atom. The molecule has 2 amide bonds. The second-order valence-corrected chi connectivity index (χ2v) is 7.56. The van der Waals surface area contributed by atoms with Crippen LogP contribution < -0.4 is 16.0 Å². The van der Waals surface area contributed by atoms with E-state index in [2.05, 4.69) is 16.0 Å². The van der Waals surface area contributed by atoms with Crippen molar-refractivity contribution >= 4 is 23.2 Å². The topological polar surface area (TPSA) is 83.4 Å². The third kappa shape index (κ3) is 3.90. The van der Waals surface area contributed by atoms with E-state index in [1.807, 2.05) is 19.1 Å². The molecule has 2 aliphatic rings. The minimum atomic E-state index is -0.294. The Balaban J connectivity index is 1.37. The van der Waals surface area contributed by atoms with E-state index in [0.29, 0.717) is 17.6 Å². The number of hydrogen-bond acceptors (Lipinski definition) is 4. The van der Waals surface area contributed by atoms with Gasteiger partial charge in [-0.05, 0) is 68.0 Å². The summed E-state index contributed by atoms with van der Waals surface area (Å²) in [6.07, 6.45) is 7.33. The molecule has 2 fully saturated rings. The van der Waals surface area contributed by atoms with Crippen molar-refractivity contribution in [2.24, 2.45) is 5.92 Å². The van der Waals surface area contributed by atoms with Crippen LogP contribution in [0.3, 0.4) is 0 Å². The predicted molar refractivity (Wildman–Crippen MR) is 104 cm³/mol. The highest BCUT2D eigenvalue weighted by atomic mass is 16.3. The van der Waals surface area contributed by atoms with Gasteiger partial charge in [0.15, 0.2) is 5.76 Å². The Hall–Kier alpha value is -2.60. The van der Waals surface area contributed by atoms with E-state index < -0.39 is 0 Å². The molecular weight excluding hydrogens is 342 g/mol. The van der Waals surface area contributed by atoms with Crippen LogP contribution in [-0.4, -0.2) is 23.9 Å². The smallest absolute Gasteiger partial charge is 0.291 e. The van der Waals surface area contributed by atoms with Gasteiger partial charge in [-0.3, -0.25) is 9.59 Å². The molecule has 1 aromatic heterocycles. The van der Waals surface area contributed by atoms with Gasteiger partial charge in [0.05, 0.1) is 12.3 Å². The Labute approximate surface area is 158 Å². The number of amides is 2. The molecule has 0 spiro atoms. The first-order valence-corrected chi connectivity index (χ1v) is 9.62. The Kier molecular flexibility index (Phi) is 4.99. The zero-order valence-corrected chi connectivity index (χ0v) is 15.5. The number of aryl methyl sites for hydroxylation is 1. The van der Waals surface area contributed by atoms with E-state index in [0.717, 1.165) is 17.7 Å². The number of rotatable bonds is 4. The van der Waals surface area contributed by atoms with Gasteiger partial charge in [0.1, 0.15) is 0 Å². The number of carbonyl (C=O) groups excluding carboxylic acids is 2. The molecule has 27 heavy (non-hydrogen) atoms. The average molecular weight is 367 g/mol. The maximum atomic E-state index is 12.6. The van der Waals surface area contributed by atoms with Crippen molar-refractivity contribution in [3.05, 3.63) is 47.9 Å². The van der Waals surface area contributed by atoms with Crippen LogP contribution in [0.25, 0.3) is 0 Å². The van der Waals surface area contributed by atoms with Gasteiger partial charge >= 0.3 is 0 Å². The minimum absolute atomic E-state index is 0.0242. The quantitative estimate of drug-likeness (QED) is 0.769. The van der Waals surface area contributed by atoms with Crippen molar-refractivity contribution in [1.29, 1.82) is 0 Å². The van der Waals surface area contributed by atoms with Crippen molar-refractivity contribution in [3.63, 3.8) is 0 Å². The van der Waals surface area contributed by atoms with Gasteiger partial charge < -0.3 is 20.4 Å². The van der Waals surface area contributed by atoms with Crippen LogP contribution in [0, 0.1) is 12.8 Å². The summed E-state index contributed by atoms with van der Waals surface area (Å²) < 4.78 is 5.10. The largest absolute Gasteiger partial charge is 0.459 e. The fourth-order valence-corrected chi connectivity index (χ4v) is 4.22. The molecule has 1 aliphatic carbocycles. The zero-order chi connectivity index (χ0) is 18.8. The second-order valence-electron chi connectivity index (χ2n) is 7.56. The molecule has 3 atom stereocenters. The molecule has 0 radical (unpaired) electrons. The number of fused-ring (bicyclic) bond motifs is 1. The SMILES string of the molecule is Cc1cc(NC(=O)C2CC3CCCCC3N2)ccc1NC(=O)c1ccco1. The molecule has 2 heterocycles. The molecule has 1 saturated heterocycles. The van der Waals surface area contributed by atoms with Crippen molar-refractivity contribution in [2.75, 3.05) is 10.6 Å². The van der Waals surface area contributed by atoms with Crippen LogP contribution in [-0.2, 0) is 4.79 Å². The summed E-state index contributed by atoms with van der Waals surface area (Å²) >= 11 is 0. The fourth-order valence-electron chi connectivity index (χ4n) is 4.22. The van der Waals surface area contributed by atoms with Gasteiger partial charge in [0.2, 0.25) is 5.91 Å². The summed E-state index contributed by atoms with van der Waals surface area (Å²) in [5.41, 5.74) is 2.31. The first-order chi connectivity index (χ1) is 13.1. The maximum Gasteiger partial charge on any atom is 0.291 e. The Bertz CT molecular complexity index is 817. The lowest BCUT2D eigenvalue weighted by atomic mass is 9.85. The lowest BCUT2D eigenvalue weighted by Crippen LogP contribution is -2.39. The third-order valence-electron chi connectivity index (χ3n) is 5.67.